The minimum Gasteiger partial charge on any atom is -0.464 e. The zero-order chi connectivity index (χ0) is 16.1. The first-order chi connectivity index (χ1) is 11.3. The van der Waals surface area contributed by atoms with Gasteiger partial charge in [0, 0.05) is 44.5 Å². The van der Waals surface area contributed by atoms with Crippen molar-refractivity contribution in [1.82, 2.24) is 4.98 Å². The molecule has 2 aromatic heterocycles. The molecule has 0 aliphatic rings. The van der Waals surface area contributed by atoms with Gasteiger partial charge in [0.25, 0.3) is 0 Å². The van der Waals surface area contributed by atoms with Gasteiger partial charge in [-0.15, -0.1) is 0 Å². The number of rotatable bonds is 7. The Hall–Kier alpha value is -2.53. The van der Waals surface area contributed by atoms with E-state index in [1.54, 1.807) is 13.4 Å². The monoisotopic (exact) mass is 311 g/mol. The Morgan fingerprint density at radius 2 is 2.13 bits per heavy atom. The Morgan fingerprint density at radius 3 is 2.91 bits per heavy atom. The number of benzene rings is 1. The van der Waals surface area contributed by atoms with Crippen LogP contribution >= 0.6 is 0 Å². The average molecular weight is 311 g/mol. The third kappa shape index (κ3) is 3.81. The van der Waals surface area contributed by atoms with E-state index in [0.29, 0.717) is 6.61 Å². The van der Waals surface area contributed by atoms with Crippen molar-refractivity contribution >= 4 is 22.5 Å². The van der Waals surface area contributed by atoms with Crippen molar-refractivity contribution < 1.29 is 9.15 Å². The van der Waals surface area contributed by atoms with Crippen molar-refractivity contribution in [2.75, 3.05) is 37.5 Å². The number of anilines is 2. The summed E-state index contributed by atoms with van der Waals surface area (Å²) in [5.41, 5.74) is 3.11. The third-order valence-corrected chi connectivity index (χ3v) is 3.78. The molecule has 3 rings (SSSR count). The van der Waals surface area contributed by atoms with Crippen LogP contribution in [0.15, 0.2) is 53.3 Å². The van der Waals surface area contributed by atoms with Crippen LogP contribution < -0.4 is 10.2 Å². The molecule has 5 heteroatoms. The van der Waals surface area contributed by atoms with E-state index in [1.807, 2.05) is 37.5 Å². The van der Waals surface area contributed by atoms with Crippen molar-refractivity contribution in [3.05, 3.63) is 54.4 Å². The summed E-state index contributed by atoms with van der Waals surface area (Å²) in [6.07, 6.45) is 3.61. The first-order valence-corrected chi connectivity index (χ1v) is 7.62. The summed E-state index contributed by atoms with van der Waals surface area (Å²) in [6, 6.07) is 12.2. The number of hydrogen-bond acceptors (Lipinski definition) is 5. The fourth-order valence-corrected chi connectivity index (χ4v) is 2.37. The molecular weight excluding hydrogens is 290 g/mol. The summed E-state index contributed by atoms with van der Waals surface area (Å²) in [6.45, 7) is 2.25. The van der Waals surface area contributed by atoms with Crippen LogP contribution in [-0.4, -0.2) is 32.3 Å². The van der Waals surface area contributed by atoms with E-state index in [4.69, 9.17) is 9.15 Å². The van der Waals surface area contributed by atoms with E-state index in [0.717, 1.165) is 41.1 Å². The molecule has 0 saturated carbocycles. The lowest BCUT2D eigenvalue weighted by Gasteiger charge is -2.17. The molecule has 120 valence electrons. The van der Waals surface area contributed by atoms with Crippen molar-refractivity contribution in [3.8, 4) is 0 Å². The van der Waals surface area contributed by atoms with Crippen molar-refractivity contribution in [3.63, 3.8) is 0 Å². The average Bonchev–Trinajstić information content (AvgIpc) is 3.06. The van der Waals surface area contributed by atoms with Crippen LogP contribution in [0.3, 0.4) is 0 Å². The van der Waals surface area contributed by atoms with Crippen molar-refractivity contribution in [2.24, 2.45) is 0 Å². The summed E-state index contributed by atoms with van der Waals surface area (Å²) < 4.78 is 10.4. The maximum Gasteiger partial charge on any atom is 0.133 e. The standard InChI is InChI=1S/C18H21N3O2/c1-21(8-10-22-2)18-6-3-14(13-20-18)12-19-16-4-5-17-15(11-16)7-9-23-17/h3-7,9,11,13,19H,8,10,12H2,1-2H3. The summed E-state index contributed by atoms with van der Waals surface area (Å²) in [5.74, 6) is 0.950. The molecule has 5 nitrogen and oxygen atoms in total. The molecule has 23 heavy (non-hydrogen) atoms. The molecular formula is C18H21N3O2. The minimum atomic E-state index is 0.692. The van der Waals surface area contributed by atoms with Gasteiger partial charge in [-0.25, -0.2) is 4.98 Å². The SMILES string of the molecule is COCCN(C)c1ccc(CNc2ccc3occc3c2)cn1. The minimum absolute atomic E-state index is 0.692. The molecule has 0 spiro atoms. The van der Waals surface area contributed by atoms with E-state index in [-0.39, 0.29) is 0 Å². The first-order valence-electron chi connectivity index (χ1n) is 7.62. The number of aromatic nitrogens is 1. The summed E-state index contributed by atoms with van der Waals surface area (Å²) in [4.78, 5) is 6.58. The van der Waals surface area contributed by atoms with Gasteiger partial charge in [-0.1, -0.05) is 6.07 Å². The molecule has 1 aromatic carbocycles. The number of likely N-dealkylation sites (N-methyl/N-ethyl adjacent to an activating group) is 1. The molecule has 2 heterocycles. The lowest BCUT2D eigenvalue weighted by atomic mass is 10.2. The number of hydrogen-bond donors (Lipinski definition) is 1. The Morgan fingerprint density at radius 1 is 1.22 bits per heavy atom. The predicted molar refractivity (Wildman–Crippen MR) is 92.9 cm³/mol. The van der Waals surface area contributed by atoms with Crippen molar-refractivity contribution in [1.29, 1.82) is 0 Å². The highest BCUT2D eigenvalue weighted by molar-refractivity contribution is 5.81. The van der Waals surface area contributed by atoms with E-state index in [1.165, 1.54) is 0 Å². The maximum atomic E-state index is 5.35. The van der Waals surface area contributed by atoms with Crippen LogP contribution in [0.4, 0.5) is 11.5 Å². The van der Waals surface area contributed by atoms with Crippen LogP contribution in [0.5, 0.6) is 0 Å². The third-order valence-electron chi connectivity index (χ3n) is 3.78. The molecule has 0 saturated heterocycles. The number of fused-ring (bicyclic) bond motifs is 1. The predicted octanol–water partition coefficient (Wildman–Crippen LogP) is 3.52. The second kappa shape index (κ2) is 7.15. The number of methoxy groups -OCH3 is 1. The van der Waals surface area contributed by atoms with Gasteiger partial charge in [-0.3, -0.25) is 0 Å². The number of furan rings is 1. The largest absolute Gasteiger partial charge is 0.464 e. The van der Waals surface area contributed by atoms with Crippen LogP contribution in [0.1, 0.15) is 5.56 Å². The smallest absolute Gasteiger partial charge is 0.133 e. The topological polar surface area (TPSA) is 50.5 Å². The van der Waals surface area contributed by atoms with Crippen molar-refractivity contribution in [2.45, 2.75) is 6.54 Å². The van der Waals surface area contributed by atoms with Crippen LogP contribution in [0.25, 0.3) is 11.0 Å². The van der Waals surface area contributed by atoms with Gasteiger partial charge in [-0.2, -0.15) is 0 Å². The van der Waals surface area contributed by atoms with E-state index in [9.17, 15) is 0 Å². The fraction of sp³-hybridized carbons (Fsp3) is 0.278. The summed E-state index contributed by atoms with van der Waals surface area (Å²) in [7, 11) is 3.72. The molecule has 0 bridgehead atoms. The summed E-state index contributed by atoms with van der Waals surface area (Å²) in [5, 5.41) is 4.51. The highest BCUT2D eigenvalue weighted by Gasteiger charge is 2.03. The van der Waals surface area contributed by atoms with E-state index < -0.39 is 0 Å². The lowest BCUT2D eigenvalue weighted by molar-refractivity contribution is 0.206. The van der Waals surface area contributed by atoms with Gasteiger partial charge in [0.1, 0.15) is 11.4 Å². The Kier molecular flexibility index (Phi) is 4.78. The number of nitrogens with zero attached hydrogens (tertiary/aromatic N) is 2. The van der Waals surface area contributed by atoms with Crippen LogP contribution in [-0.2, 0) is 11.3 Å². The Labute approximate surface area is 135 Å². The van der Waals surface area contributed by atoms with E-state index >= 15 is 0 Å². The molecule has 0 aliphatic carbocycles. The van der Waals surface area contributed by atoms with Gasteiger partial charge < -0.3 is 19.4 Å². The molecule has 3 aromatic rings. The van der Waals surface area contributed by atoms with Gasteiger partial charge in [0.15, 0.2) is 0 Å². The van der Waals surface area contributed by atoms with Crippen LogP contribution in [0, 0.1) is 0 Å². The van der Waals surface area contributed by atoms with Gasteiger partial charge >= 0.3 is 0 Å². The lowest BCUT2D eigenvalue weighted by Crippen LogP contribution is -2.22. The molecule has 0 radical (unpaired) electrons. The molecule has 0 aliphatic heterocycles. The number of ether oxygens (including phenoxy) is 1. The van der Waals surface area contributed by atoms with E-state index in [2.05, 4.69) is 27.3 Å². The molecule has 1 N–H and O–H groups in total. The number of nitrogens with one attached hydrogen (secondary N) is 1. The van der Waals surface area contributed by atoms with Gasteiger partial charge in [-0.05, 0) is 35.9 Å². The van der Waals surface area contributed by atoms with Gasteiger partial charge in [0.05, 0.1) is 12.9 Å². The molecule has 0 atom stereocenters. The quantitative estimate of drug-likeness (QED) is 0.723. The van der Waals surface area contributed by atoms with Crippen LogP contribution in [0.2, 0.25) is 0 Å². The Bertz CT molecular complexity index is 752. The molecule has 0 unspecified atom stereocenters. The zero-order valence-electron chi connectivity index (χ0n) is 13.5. The number of pyridine rings is 1. The maximum absolute atomic E-state index is 5.35. The first kappa shape index (κ1) is 15.4. The zero-order valence-corrected chi connectivity index (χ0v) is 13.5. The summed E-state index contributed by atoms with van der Waals surface area (Å²) >= 11 is 0. The van der Waals surface area contributed by atoms with Gasteiger partial charge in [0.2, 0.25) is 0 Å². The second-order valence-electron chi connectivity index (χ2n) is 5.47. The second-order valence-corrected chi connectivity index (χ2v) is 5.47. The highest BCUT2D eigenvalue weighted by atomic mass is 16.5. The molecule has 0 fully saturated rings. The molecule has 0 amide bonds. The fourth-order valence-electron chi connectivity index (χ4n) is 2.37. The highest BCUT2D eigenvalue weighted by Crippen LogP contribution is 2.20. The normalized spacial score (nSPS) is 10.9. The Balaban J connectivity index is 1.59.